The first-order valence-corrected chi connectivity index (χ1v) is 13.2. The van der Waals surface area contributed by atoms with Crippen LogP contribution in [-0.2, 0) is 4.79 Å². The van der Waals surface area contributed by atoms with E-state index in [-0.39, 0.29) is 33.9 Å². The Labute approximate surface area is 236 Å². The van der Waals surface area contributed by atoms with E-state index in [1.807, 2.05) is 32.8 Å². The van der Waals surface area contributed by atoms with Crippen molar-refractivity contribution in [3.05, 3.63) is 82.1 Å². The van der Waals surface area contributed by atoms with E-state index in [9.17, 15) is 14.0 Å². The van der Waals surface area contributed by atoms with Gasteiger partial charge in [0.15, 0.2) is 11.5 Å². The maximum Gasteiger partial charge on any atom is 0.355 e. The van der Waals surface area contributed by atoms with Gasteiger partial charge >= 0.3 is 5.69 Å². The molecular weight excluding hydrogens is 533 g/mol. The van der Waals surface area contributed by atoms with Crippen molar-refractivity contribution < 1.29 is 9.18 Å². The highest BCUT2D eigenvalue weighted by atomic mass is 35.5. The number of hydrogen-bond acceptors (Lipinski definition) is 7. The number of carbonyl (C=O) groups is 1. The third-order valence-corrected chi connectivity index (χ3v) is 7.36. The van der Waals surface area contributed by atoms with E-state index in [0.29, 0.717) is 42.3 Å². The summed E-state index contributed by atoms with van der Waals surface area (Å²) in [5.74, 6) is 0.314. The van der Waals surface area contributed by atoms with Crippen LogP contribution in [0.2, 0.25) is 5.02 Å². The van der Waals surface area contributed by atoms with Crippen molar-refractivity contribution in [2.45, 2.75) is 19.9 Å². The number of halogens is 2. The van der Waals surface area contributed by atoms with Crippen LogP contribution in [-0.4, -0.2) is 70.1 Å². The van der Waals surface area contributed by atoms with Crippen molar-refractivity contribution in [2.75, 3.05) is 43.5 Å². The fraction of sp³-hybridized carbons (Fsp3) is 0.276. The van der Waals surface area contributed by atoms with Crippen LogP contribution in [0, 0.1) is 12.7 Å². The van der Waals surface area contributed by atoms with E-state index in [1.165, 1.54) is 16.7 Å². The molecular formula is C29H29ClFN7O2. The predicted octanol–water partition coefficient (Wildman–Crippen LogP) is 4.23. The first-order valence-electron chi connectivity index (χ1n) is 12.8. The maximum atomic E-state index is 14.9. The number of rotatable bonds is 5. The monoisotopic (exact) mass is 561 g/mol. The SMILES string of the molecule is C=CC(=O)N1CCN(c2nc(=O)n(-c3c(C)ccnc3N(C)C)c3nc(-c4ccccc4F)c(Cl)cc23)[C@@H](C)C1. The van der Waals surface area contributed by atoms with E-state index in [0.717, 1.165) is 5.56 Å². The zero-order valence-electron chi connectivity index (χ0n) is 22.7. The molecule has 206 valence electrons. The van der Waals surface area contributed by atoms with Crippen LogP contribution in [0.5, 0.6) is 0 Å². The van der Waals surface area contributed by atoms with Gasteiger partial charge < -0.3 is 14.7 Å². The van der Waals surface area contributed by atoms with Gasteiger partial charge in [-0.05, 0) is 49.8 Å². The summed E-state index contributed by atoms with van der Waals surface area (Å²) in [7, 11) is 3.67. The Hall–Kier alpha value is -4.31. The van der Waals surface area contributed by atoms with Crippen molar-refractivity contribution in [3.8, 4) is 16.9 Å². The molecule has 0 radical (unpaired) electrons. The molecule has 4 heterocycles. The summed E-state index contributed by atoms with van der Waals surface area (Å²) in [6, 6.07) is 9.55. The van der Waals surface area contributed by atoms with Crippen molar-refractivity contribution in [1.29, 1.82) is 0 Å². The van der Waals surface area contributed by atoms with Crippen LogP contribution < -0.4 is 15.5 Å². The molecule has 1 aliphatic heterocycles. The minimum absolute atomic E-state index is 0.151. The van der Waals surface area contributed by atoms with Gasteiger partial charge in [0.1, 0.15) is 11.6 Å². The summed E-state index contributed by atoms with van der Waals surface area (Å²) in [6.07, 6.45) is 2.97. The molecule has 1 atom stereocenters. The van der Waals surface area contributed by atoms with Crippen molar-refractivity contribution in [1.82, 2.24) is 24.4 Å². The Kier molecular flexibility index (Phi) is 7.29. The number of nitrogens with zero attached hydrogens (tertiary/aromatic N) is 7. The highest BCUT2D eigenvalue weighted by Gasteiger charge is 2.30. The van der Waals surface area contributed by atoms with Gasteiger partial charge in [-0.25, -0.2) is 23.7 Å². The Morgan fingerprint density at radius 3 is 2.62 bits per heavy atom. The number of fused-ring (bicyclic) bond motifs is 1. The molecule has 40 heavy (non-hydrogen) atoms. The van der Waals surface area contributed by atoms with Crippen LogP contribution in [0.15, 0.2) is 60.0 Å². The highest BCUT2D eigenvalue weighted by molar-refractivity contribution is 6.33. The Morgan fingerprint density at radius 2 is 1.95 bits per heavy atom. The minimum atomic E-state index is -0.562. The summed E-state index contributed by atoms with van der Waals surface area (Å²) in [6.45, 7) is 8.72. The smallest absolute Gasteiger partial charge is 0.355 e. The van der Waals surface area contributed by atoms with E-state index in [4.69, 9.17) is 16.6 Å². The molecule has 1 aliphatic rings. The van der Waals surface area contributed by atoms with Gasteiger partial charge in [-0.1, -0.05) is 30.3 Å². The molecule has 4 aromatic rings. The number of pyridine rings is 2. The molecule has 11 heteroatoms. The largest absolute Gasteiger partial charge is 0.361 e. The Balaban J connectivity index is 1.81. The zero-order chi connectivity index (χ0) is 28.7. The fourth-order valence-electron chi connectivity index (χ4n) is 5.11. The molecule has 5 rings (SSSR count). The molecule has 1 saturated heterocycles. The van der Waals surface area contributed by atoms with Crippen LogP contribution in [0.25, 0.3) is 28.0 Å². The van der Waals surface area contributed by atoms with Gasteiger partial charge in [-0.15, -0.1) is 0 Å². The average Bonchev–Trinajstić information content (AvgIpc) is 2.93. The lowest BCUT2D eigenvalue weighted by Crippen LogP contribution is -2.54. The van der Waals surface area contributed by atoms with E-state index in [2.05, 4.69) is 16.5 Å². The van der Waals surface area contributed by atoms with E-state index < -0.39 is 11.5 Å². The van der Waals surface area contributed by atoms with Gasteiger partial charge in [-0.2, -0.15) is 4.98 Å². The number of aryl methyl sites for hydroxylation is 1. The number of carbonyl (C=O) groups excluding carboxylic acids is 1. The van der Waals surface area contributed by atoms with Gasteiger partial charge in [-0.3, -0.25) is 4.79 Å². The van der Waals surface area contributed by atoms with E-state index in [1.54, 1.807) is 46.3 Å². The minimum Gasteiger partial charge on any atom is -0.361 e. The first kappa shape index (κ1) is 27.3. The normalized spacial score (nSPS) is 15.4. The molecule has 0 saturated carbocycles. The van der Waals surface area contributed by atoms with Crippen molar-refractivity contribution in [3.63, 3.8) is 0 Å². The number of piperazine rings is 1. The number of anilines is 2. The predicted molar refractivity (Wildman–Crippen MR) is 156 cm³/mol. The number of hydrogen-bond donors (Lipinski definition) is 0. The third-order valence-electron chi connectivity index (χ3n) is 7.07. The highest BCUT2D eigenvalue weighted by Crippen LogP contribution is 2.36. The van der Waals surface area contributed by atoms with Gasteiger partial charge in [0, 0.05) is 51.5 Å². The van der Waals surface area contributed by atoms with Gasteiger partial charge in [0.05, 0.1) is 21.8 Å². The van der Waals surface area contributed by atoms with Gasteiger partial charge in [0.25, 0.3) is 0 Å². The average molecular weight is 562 g/mol. The standard InChI is InChI=1S/C29H29ClFN7O2/c1-6-23(39)36-13-14-37(18(3)16-36)26-20-15-21(30)24(19-9-7-8-10-22(19)31)33-27(20)38(29(40)34-26)25-17(2)11-12-32-28(25)35(4)5/h6-12,15,18H,1,13-14,16H2,2-5H3/t18-/m0/s1. The Morgan fingerprint density at radius 1 is 1.20 bits per heavy atom. The Bertz CT molecular complexity index is 1700. The first-order chi connectivity index (χ1) is 19.1. The molecule has 0 N–H and O–H groups in total. The summed E-state index contributed by atoms with van der Waals surface area (Å²) in [5, 5.41) is 0.739. The number of benzene rings is 1. The molecule has 3 aromatic heterocycles. The molecule has 1 fully saturated rings. The molecule has 1 amide bonds. The molecule has 1 aromatic carbocycles. The topological polar surface area (TPSA) is 87.5 Å². The number of aromatic nitrogens is 4. The molecule has 9 nitrogen and oxygen atoms in total. The van der Waals surface area contributed by atoms with Gasteiger partial charge in [0.2, 0.25) is 5.91 Å². The lowest BCUT2D eigenvalue weighted by atomic mass is 10.1. The zero-order valence-corrected chi connectivity index (χ0v) is 23.5. The molecule has 0 bridgehead atoms. The number of amides is 1. The quantitative estimate of drug-likeness (QED) is 0.337. The summed E-state index contributed by atoms with van der Waals surface area (Å²) in [5.41, 5.74) is 1.44. The molecule has 0 spiro atoms. The molecule has 0 aliphatic carbocycles. The lowest BCUT2D eigenvalue weighted by Gasteiger charge is -2.40. The summed E-state index contributed by atoms with van der Waals surface area (Å²) >= 11 is 6.74. The second-order valence-corrected chi connectivity index (χ2v) is 10.4. The van der Waals surface area contributed by atoms with Crippen LogP contribution in [0.4, 0.5) is 16.0 Å². The molecule has 0 unspecified atom stereocenters. The van der Waals surface area contributed by atoms with Crippen molar-refractivity contribution in [2.24, 2.45) is 0 Å². The van der Waals surface area contributed by atoms with E-state index >= 15 is 0 Å². The summed E-state index contributed by atoms with van der Waals surface area (Å²) in [4.78, 5) is 45.5. The second kappa shape index (κ2) is 10.7. The maximum absolute atomic E-state index is 14.9. The summed E-state index contributed by atoms with van der Waals surface area (Å²) < 4.78 is 16.3. The van der Waals surface area contributed by atoms with Crippen molar-refractivity contribution >= 4 is 40.2 Å². The fourth-order valence-corrected chi connectivity index (χ4v) is 5.36. The lowest BCUT2D eigenvalue weighted by molar-refractivity contribution is -0.126. The van der Waals surface area contributed by atoms with Crippen LogP contribution in [0.3, 0.4) is 0 Å². The van der Waals surface area contributed by atoms with Crippen LogP contribution >= 0.6 is 11.6 Å². The second-order valence-electron chi connectivity index (χ2n) is 9.95. The third kappa shape index (κ3) is 4.68. The van der Waals surface area contributed by atoms with Crippen LogP contribution in [0.1, 0.15) is 12.5 Å².